The van der Waals surface area contributed by atoms with E-state index < -0.39 is 84.5 Å². The van der Waals surface area contributed by atoms with Crippen LogP contribution in [0.5, 0.6) is 0 Å². The Morgan fingerprint density at radius 2 is 1.40 bits per heavy atom. The lowest BCUT2D eigenvalue weighted by atomic mass is 9.49. The molecule has 0 saturated carbocycles. The Balaban J connectivity index is 3.78. The maximum Gasteiger partial charge on any atom is 0.333 e. The van der Waals surface area contributed by atoms with E-state index in [9.17, 15) is 39.3 Å². The third-order valence-corrected chi connectivity index (χ3v) is 8.88. The summed E-state index contributed by atoms with van der Waals surface area (Å²) in [5.74, 6) is -5.89. The lowest BCUT2D eigenvalue weighted by molar-refractivity contribution is -0.183. The van der Waals surface area contributed by atoms with Gasteiger partial charge in [-0.3, -0.25) is 14.4 Å². The van der Waals surface area contributed by atoms with Crippen molar-refractivity contribution in [1.82, 2.24) is 0 Å². The van der Waals surface area contributed by atoms with Crippen LogP contribution in [0.4, 0.5) is 0 Å². The average Bonchev–Trinajstić information content (AvgIpc) is 2.86. The van der Waals surface area contributed by atoms with Crippen LogP contribution in [0.15, 0.2) is 48.6 Å². The van der Waals surface area contributed by atoms with Crippen LogP contribution in [0.25, 0.3) is 0 Å². The first-order chi connectivity index (χ1) is 18.5. The topological polar surface area (TPSA) is 164 Å². The summed E-state index contributed by atoms with van der Waals surface area (Å²) < 4.78 is 10.2. The molecule has 1 aliphatic rings. The molecule has 0 heterocycles. The number of thioether (sulfide) groups is 1. The molecule has 0 spiro atoms. The number of ether oxygens (including phenoxy) is 2. The fourth-order valence-corrected chi connectivity index (χ4v) is 6.56. The first-order valence-electron chi connectivity index (χ1n) is 12.4. The predicted molar refractivity (Wildman–Crippen MR) is 154 cm³/mol. The molecule has 0 amide bonds. The fraction of sp³-hybridized carbons (Fsp3) is 0.536. The second kappa shape index (κ2) is 14.6. The van der Waals surface area contributed by atoms with Crippen LogP contribution in [-0.2, 0) is 33.4 Å². The van der Waals surface area contributed by atoms with E-state index in [2.05, 4.69) is 32.4 Å². The molecule has 0 radical (unpaired) electrons. The number of hydrogen-bond acceptors (Lipinski definition) is 9. The summed E-state index contributed by atoms with van der Waals surface area (Å²) in [4.78, 5) is 62.9. The maximum absolute atomic E-state index is 13.1. The highest BCUT2D eigenvalue weighted by Gasteiger charge is 2.67. The van der Waals surface area contributed by atoms with Crippen molar-refractivity contribution in [3.8, 4) is 0 Å². The van der Waals surface area contributed by atoms with Gasteiger partial charge in [-0.1, -0.05) is 37.5 Å². The van der Waals surface area contributed by atoms with Gasteiger partial charge in [0.05, 0.1) is 24.0 Å². The average molecular weight is 599 g/mol. The first kappa shape index (κ1) is 35.0. The van der Waals surface area contributed by atoms with E-state index in [1.54, 1.807) is 0 Å². The van der Waals surface area contributed by atoms with Gasteiger partial charge in [-0.15, -0.1) is 0 Å². The van der Waals surface area contributed by atoms with Crippen molar-refractivity contribution in [2.75, 3.05) is 30.5 Å². The third kappa shape index (κ3) is 7.60. The van der Waals surface area contributed by atoms with E-state index in [4.69, 9.17) is 9.47 Å². The number of hydrogen-bond donors (Lipinski definition) is 4. The zero-order valence-electron chi connectivity index (χ0n) is 23.1. The van der Waals surface area contributed by atoms with E-state index in [1.807, 2.05) is 6.92 Å². The second-order valence-corrected chi connectivity index (χ2v) is 11.6. The smallest absolute Gasteiger partial charge is 0.333 e. The summed E-state index contributed by atoms with van der Waals surface area (Å²) in [5.41, 5.74) is -5.33. The number of rotatable bonds is 17. The van der Waals surface area contributed by atoms with Crippen LogP contribution < -0.4 is 0 Å². The minimum atomic E-state index is -2.28. The molecule has 40 heavy (non-hydrogen) atoms. The summed E-state index contributed by atoms with van der Waals surface area (Å²) in [6.07, 6.45) is 0.693. The summed E-state index contributed by atoms with van der Waals surface area (Å²) in [6.45, 7) is 14.4. The molecular formula is C28H38O10S2. The largest absolute Gasteiger partial charge is 0.481 e. The predicted octanol–water partition coefficient (Wildman–Crippen LogP) is 4.03. The number of carboxylic acid groups (broad SMARTS) is 3. The van der Waals surface area contributed by atoms with Crippen LogP contribution >= 0.6 is 24.4 Å². The van der Waals surface area contributed by atoms with Crippen LogP contribution in [0.3, 0.4) is 0 Å². The molecule has 0 bridgehead atoms. The molecule has 0 aromatic rings. The van der Waals surface area contributed by atoms with Gasteiger partial charge in [0, 0.05) is 23.3 Å². The zero-order chi connectivity index (χ0) is 30.9. The molecule has 0 saturated heterocycles. The Labute approximate surface area is 244 Å². The van der Waals surface area contributed by atoms with Crippen LogP contribution in [0, 0.1) is 22.2 Å². The van der Waals surface area contributed by atoms with Crippen molar-refractivity contribution in [3.05, 3.63) is 48.6 Å². The second-order valence-electron chi connectivity index (χ2n) is 10.2. The van der Waals surface area contributed by atoms with Crippen molar-refractivity contribution in [3.63, 3.8) is 0 Å². The quantitative estimate of drug-likeness (QED) is 0.0827. The summed E-state index contributed by atoms with van der Waals surface area (Å²) >= 11 is 5.78. The SMILES string of the molecule is C=C(C)CSCC(CS)C1(C(=O)O)C=CC(CCOC(=O)C(=C)C)(C(=O)O)C(CCOC(=O)C(=C)C)(C(=O)O)C1. The Bertz CT molecular complexity index is 1100. The molecule has 0 fully saturated rings. The van der Waals surface area contributed by atoms with Crippen LogP contribution in [-0.4, -0.2) is 75.6 Å². The van der Waals surface area contributed by atoms with Gasteiger partial charge in [0.25, 0.3) is 0 Å². The fourth-order valence-electron chi connectivity index (χ4n) is 4.77. The summed E-state index contributed by atoms with van der Waals surface area (Å²) in [6, 6.07) is 0. The molecule has 1 aliphatic carbocycles. The van der Waals surface area contributed by atoms with Crippen molar-refractivity contribution in [2.45, 2.75) is 40.0 Å². The highest BCUT2D eigenvalue weighted by molar-refractivity contribution is 7.99. The van der Waals surface area contributed by atoms with Crippen molar-refractivity contribution in [2.24, 2.45) is 22.2 Å². The van der Waals surface area contributed by atoms with Crippen molar-refractivity contribution in [1.29, 1.82) is 0 Å². The molecule has 0 aromatic heterocycles. The number of aliphatic carboxylic acids is 3. The molecule has 0 aromatic carbocycles. The van der Waals surface area contributed by atoms with E-state index >= 15 is 0 Å². The summed E-state index contributed by atoms with van der Waals surface area (Å²) in [5, 5.41) is 31.6. The van der Waals surface area contributed by atoms with Gasteiger partial charge in [-0.05, 0) is 51.0 Å². The monoisotopic (exact) mass is 598 g/mol. The molecule has 0 aliphatic heterocycles. The number of carbonyl (C=O) groups is 5. The third-order valence-electron chi connectivity index (χ3n) is 7.11. The van der Waals surface area contributed by atoms with Gasteiger partial charge in [0.1, 0.15) is 5.41 Å². The molecule has 3 N–H and O–H groups in total. The lowest BCUT2D eigenvalue weighted by Gasteiger charge is -2.52. The van der Waals surface area contributed by atoms with Gasteiger partial charge < -0.3 is 24.8 Å². The van der Waals surface area contributed by atoms with E-state index in [0.29, 0.717) is 5.75 Å². The number of thiol groups is 1. The minimum absolute atomic E-state index is 0.0497. The van der Waals surface area contributed by atoms with Gasteiger partial charge in [0.2, 0.25) is 0 Å². The Kier molecular flexibility index (Phi) is 12.8. The molecule has 4 atom stereocenters. The lowest BCUT2D eigenvalue weighted by Crippen LogP contribution is -2.60. The maximum atomic E-state index is 13.1. The minimum Gasteiger partial charge on any atom is -0.481 e. The molecule has 4 unspecified atom stereocenters. The normalized spacial score (nSPS) is 24.4. The molecular weight excluding hydrogens is 560 g/mol. The van der Waals surface area contributed by atoms with Crippen LogP contribution in [0.1, 0.15) is 40.0 Å². The standard InChI is InChI=1S/C28H38O10S2/c1-17(2)14-40-15-20(13-39)26(23(31)32)7-8-27(24(33)34,9-11-37-21(29)18(3)4)28(16-26,25(35)36)10-12-38-22(30)19(5)6/h7-8,20,39H,1,3,5,9-16H2,2,4,6H3,(H,31,32)(H,33,34)(H,35,36). The Morgan fingerprint density at radius 1 is 0.875 bits per heavy atom. The van der Waals surface area contributed by atoms with Gasteiger partial charge in [-0.2, -0.15) is 24.4 Å². The zero-order valence-corrected chi connectivity index (χ0v) is 24.8. The van der Waals surface area contributed by atoms with E-state index in [-0.39, 0.29) is 22.7 Å². The van der Waals surface area contributed by atoms with E-state index in [0.717, 1.165) is 11.6 Å². The molecule has 1 rings (SSSR count). The first-order valence-corrected chi connectivity index (χ1v) is 14.2. The van der Waals surface area contributed by atoms with Gasteiger partial charge in [0.15, 0.2) is 0 Å². The van der Waals surface area contributed by atoms with E-state index in [1.165, 1.54) is 31.7 Å². The van der Waals surface area contributed by atoms with Crippen molar-refractivity contribution < 1.29 is 48.8 Å². The van der Waals surface area contributed by atoms with Gasteiger partial charge >= 0.3 is 29.8 Å². The highest BCUT2D eigenvalue weighted by Crippen LogP contribution is 2.59. The highest BCUT2D eigenvalue weighted by atomic mass is 32.2. The number of esters is 2. The number of carbonyl (C=O) groups excluding carboxylic acids is 2. The Hall–Kier alpha value is -2.99. The van der Waals surface area contributed by atoms with Crippen molar-refractivity contribution >= 4 is 54.2 Å². The summed E-state index contributed by atoms with van der Waals surface area (Å²) in [7, 11) is 0. The Morgan fingerprint density at radius 3 is 1.80 bits per heavy atom. The van der Waals surface area contributed by atoms with Gasteiger partial charge in [-0.25, -0.2) is 9.59 Å². The van der Waals surface area contributed by atoms with Crippen LogP contribution in [0.2, 0.25) is 0 Å². The molecule has 222 valence electrons. The molecule has 10 nitrogen and oxygen atoms in total. The number of carboxylic acids is 3. The molecule has 12 heteroatoms.